The molecule has 0 radical (unpaired) electrons. The Morgan fingerprint density at radius 2 is 1.91 bits per heavy atom. The highest BCUT2D eigenvalue weighted by Gasteiger charge is 2.51. The Morgan fingerprint density at radius 1 is 1.15 bits per heavy atom. The van der Waals surface area contributed by atoms with Crippen molar-refractivity contribution < 1.29 is 28.3 Å². The molecule has 1 aliphatic rings. The predicted octanol–water partition coefficient (Wildman–Crippen LogP) is 3.98. The predicted molar refractivity (Wildman–Crippen MR) is 125 cm³/mol. The number of amides is 4. The zero-order valence-electron chi connectivity index (χ0n) is 18.6. The van der Waals surface area contributed by atoms with Crippen molar-refractivity contribution in [2.75, 3.05) is 18.5 Å². The molecule has 0 spiro atoms. The molecule has 0 saturated carbocycles. The van der Waals surface area contributed by atoms with Crippen LogP contribution in [-0.2, 0) is 19.9 Å². The SMILES string of the molecule is CCOC(=O)c1c(-c2ccco2)csc1NC(=O)CN1C(=O)NC(CC)(c2ccccc2)C1=O. The maximum Gasteiger partial charge on any atom is 0.341 e. The van der Waals surface area contributed by atoms with Crippen molar-refractivity contribution in [1.29, 1.82) is 0 Å². The Labute approximate surface area is 199 Å². The first-order valence-electron chi connectivity index (χ1n) is 10.7. The van der Waals surface area contributed by atoms with E-state index in [1.165, 1.54) is 6.26 Å². The summed E-state index contributed by atoms with van der Waals surface area (Å²) in [6, 6.07) is 11.6. The first-order valence-corrected chi connectivity index (χ1v) is 11.6. The minimum atomic E-state index is -1.23. The second-order valence-electron chi connectivity index (χ2n) is 7.55. The van der Waals surface area contributed by atoms with Gasteiger partial charge in [0.15, 0.2) is 0 Å². The molecule has 1 aliphatic heterocycles. The number of urea groups is 1. The van der Waals surface area contributed by atoms with E-state index in [-0.39, 0.29) is 17.2 Å². The molecule has 0 aliphatic carbocycles. The first kappa shape index (κ1) is 23.2. The number of hydrogen-bond acceptors (Lipinski definition) is 7. The van der Waals surface area contributed by atoms with E-state index in [2.05, 4.69) is 10.6 Å². The maximum absolute atomic E-state index is 13.3. The van der Waals surface area contributed by atoms with Gasteiger partial charge in [0.1, 0.15) is 28.4 Å². The molecule has 9 nitrogen and oxygen atoms in total. The highest BCUT2D eigenvalue weighted by molar-refractivity contribution is 7.15. The largest absolute Gasteiger partial charge is 0.464 e. The average molecular weight is 482 g/mol. The molecule has 2 N–H and O–H groups in total. The van der Waals surface area contributed by atoms with Crippen LogP contribution in [0.15, 0.2) is 58.5 Å². The van der Waals surface area contributed by atoms with Crippen LogP contribution in [0.3, 0.4) is 0 Å². The number of rotatable bonds is 8. The van der Waals surface area contributed by atoms with E-state index in [9.17, 15) is 19.2 Å². The molecule has 3 heterocycles. The van der Waals surface area contributed by atoms with Gasteiger partial charge in [-0.15, -0.1) is 11.3 Å². The molecule has 1 fully saturated rings. The molecular weight excluding hydrogens is 458 g/mol. The van der Waals surface area contributed by atoms with Crippen molar-refractivity contribution >= 4 is 40.2 Å². The van der Waals surface area contributed by atoms with Gasteiger partial charge < -0.3 is 19.8 Å². The smallest absolute Gasteiger partial charge is 0.341 e. The monoisotopic (exact) mass is 481 g/mol. The highest BCUT2D eigenvalue weighted by atomic mass is 32.1. The molecule has 34 heavy (non-hydrogen) atoms. The Hall–Kier alpha value is -3.92. The number of ether oxygens (including phenoxy) is 1. The number of imide groups is 1. The first-order chi connectivity index (χ1) is 16.4. The summed E-state index contributed by atoms with van der Waals surface area (Å²) < 4.78 is 10.6. The van der Waals surface area contributed by atoms with Crippen LogP contribution in [0.1, 0.15) is 36.2 Å². The molecule has 176 valence electrons. The minimum Gasteiger partial charge on any atom is -0.464 e. The third kappa shape index (κ3) is 4.08. The van der Waals surface area contributed by atoms with Gasteiger partial charge in [-0.1, -0.05) is 37.3 Å². The number of hydrogen-bond donors (Lipinski definition) is 2. The van der Waals surface area contributed by atoms with Gasteiger partial charge in [-0.05, 0) is 31.0 Å². The fourth-order valence-corrected chi connectivity index (χ4v) is 4.86. The second kappa shape index (κ2) is 9.52. The summed E-state index contributed by atoms with van der Waals surface area (Å²) in [4.78, 5) is 52.3. The van der Waals surface area contributed by atoms with Crippen LogP contribution in [0.2, 0.25) is 0 Å². The van der Waals surface area contributed by atoms with E-state index < -0.39 is 35.9 Å². The van der Waals surface area contributed by atoms with Gasteiger partial charge in [-0.25, -0.2) is 9.59 Å². The van der Waals surface area contributed by atoms with E-state index >= 15 is 0 Å². The van der Waals surface area contributed by atoms with Crippen molar-refractivity contribution in [1.82, 2.24) is 10.2 Å². The second-order valence-corrected chi connectivity index (χ2v) is 8.43. The van der Waals surface area contributed by atoms with Gasteiger partial charge in [-0.2, -0.15) is 0 Å². The normalized spacial score (nSPS) is 17.5. The maximum atomic E-state index is 13.3. The van der Waals surface area contributed by atoms with Crippen LogP contribution in [0, 0.1) is 0 Å². The van der Waals surface area contributed by atoms with Gasteiger partial charge in [0, 0.05) is 10.9 Å². The van der Waals surface area contributed by atoms with Crippen LogP contribution in [0.4, 0.5) is 9.80 Å². The van der Waals surface area contributed by atoms with Crippen LogP contribution < -0.4 is 10.6 Å². The molecule has 1 saturated heterocycles. The van der Waals surface area contributed by atoms with E-state index in [1.807, 2.05) is 6.07 Å². The standard InChI is InChI=1S/C24H23N3O6S/c1-3-24(15-9-6-5-7-10-15)22(30)27(23(31)26-24)13-18(28)25-20-19(21(29)32-4-2)16(14-34-20)17-11-8-12-33-17/h5-12,14H,3-4,13H2,1-2H3,(H,25,28)(H,26,31). The van der Waals surface area contributed by atoms with Crippen LogP contribution in [0.25, 0.3) is 11.3 Å². The third-order valence-electron chi connectivity index (χ3n) is 5.58. The van der Waals surface area contributed by atoms with Crippen molar-refractivity contribution in [3.63, 3.8) is 0 Å². The third-order valence-corrected chi connectivity index (χ3v) is 6.48. The molecule has 4 amide bonds. The summed E-state index contributed by atoms with van der Waals surface area (Å²) in [7, 11) is 0. The number of carbonyl (C=O) groups is 4. The number of esters is 1. The zero-order valence-corrected chi connectivity index (χ0v) is 19.4. The topological polar surface area (TPSA) is 118 Å². The van der Waals surface area contributed by atoms with Gasteiger partial charge >= 0.3 is 12.0 Å². The van der Waals surface area contributed by atoms with Crippen LogP contribution in [-0.4, -0.2) is 41.9 Å². The lowest BCUT2D eigenvalue weighted by Gasteiger charge is -2.25. The lowest BCUT2D eigenvalue weighted by atomic mass is 9.87. The average Bonchev–Trinajstić information content (AvgIpc) is 3.55. The summed E-state index contributed by atoms with van der Waals surface area (Å²) in [6.45, 7) is 3.12. The van der Waals surface area contributed by atoms with Crippen LogP contribution >= 0.6 is 11.3 Å². The lowest BCUT2D eigenvalue weighted by molar-refractivity contribution is -0.134. The Balaban J connectivity index is 1.56. The van der Waals surface area contributed by atoms with Crippen molar-refractivity contribution in [2.45, 2.75) is 25.8 Å². The zero-order chi connectivity index (χ0) is 24.3. The summed E-state index contributed by atoms with van der Waals surface area (Å²) in [5.74, 6) is -1.30. The molecule has 1 unspecified atom stereocenters. The van der Waals surface area contributed by atoms with E-state index in [4.69, 9.17) is 9.15 Å². The molecular formula is C24H23N3O6S. The molecule has 1 atom stereocenters. The number of furan rings is 1. The van der Waals surface area contributed by atoms with Gasteiger partial charge in [0.25, 0.3) is 5.91 Å². The molecule has 3 aromatic rings. The number of nitrogens with zero attached hydrogens (tertiary/aromatic N) is 1. The van der Waals surface area contributed by atoms with Crippen molar-refractivity contribution in [3.8, 4) is 11.3 Å². The molecule has 2 aromatic heterocycles. The molecule has 4 rings (SSSR count). The van der Waals surface area contributed by atoms with E-state index in [0.29, 0.717) is 23.3 Å². The summed E-state index contributed by atoms with van der Waals surface area (Å²) in [6.07, 6.45) is 1.80. The van der Waals surface area contributed by atoms with E-state index in [1.54, 1.807) is 55.6 Å². The number of anilines is 1. The van der Waals surface area contributed by atoms with Crippen LogP contribution in [0.5, 0.6) is 0 Å². The number of nitrogens with one attached hydrogen (secondary N) is 2. The molecule has 1 aromatic carbocycles. The summed E-state index contributed by atoms with van der Waals surface area (Å²) >= 11 is 1.12. The summed E-state index contributed by atoms with van der Waals surface area (Å²) in [5, 5.41) is 7.31. The van der Waals surface area contributed by atoms with Crippen molar-refractivity contribution in [2.24, 2.45) is 0 Å². The fourth-order valence-electron chi connectivity index (χ4n) is 3.91. The van der Waals surface area contributed by atoms with Gasteiger partial charge in [-0.3, -0.25) is 14.5 Å². The Bertz CT molecular complexity index is 1220. The number of benzene rings is 1. The fraction of sp³-hybridized carbons (Fsp3) is 0.250. The van der Waals surface area contributed by atoms with Gasteiger partial charge in [0.05, 0.1) is 12.9 Å². The highest BCUT2D eigenvalue weighted by Crippen LogP contribution is 2.37. The molecule has 10 heteroatoms. The Kier molecular flexibility index (Phi) is 6.51. The van der Waals surface area contributed by atoms with Crippen molar-refractivity contribution in [3.05, 3.63) is 65.2 Å². The lowest BCUT2D eigenvalue weighted by Crippen LogP contribution is -2.44. The summed E-state index contributed by atoms with van der Waals surface area (Å²) in [5.41, 5.74) is 0.0430. The van der Waals surface area contributed by atoms with Gasteiger partial charge in [0.2, 0.25) is 5.91 Å². The Morgan fingerprint density at radius 3 is 2.56 bits per heavy atom. The molecule has 0 bridgehead atoms. The van der Waals surface area contributed by atoms with E-state index in [0.717, 1.165) is 16.2 Å². The minimum absolute atomic E-state index is 0.152. The number of carbonyl (C=O) groups excluding carboxylic acids is 4. The quantitative estimate of drug-likeness (QED) is 0.371. The number of thiophene rings is 1.